The first kappa shape index (κ1) is 17.3. The smallest absolute Gasteiger partial charge is 0.317 e. The fraction of sp³-hybridized carbons (Fsp3) is 0.600. The van der Waals surface area contributed by atoms with Crippen molar-refractivity contribution in [1.29, 1.82) is 0 Å². The van der Waals surface area contributed by atoms with Crippen molar-refractivity contribution in [2.24, 2.45) is 0 Å². The Morgan fingerprint density at radius 1 is 1.31 bits per heavy atom. The molecule has 3 heterocycles. The van der Waals surface area contributed by atoms with Gasteiger partial charge in [0.05, 0.1) is 23.2 Å². The molecule has 0 radical (unpaired) electrons. The minimum absolute atomic E-state index is 0.0125. The van der Waals surface area contributed by atoms with Crippen LogP contribution in [0.2, 0.25) is 0 Å². The molecule has 6 heteroatoms. The summed E-state index contributed by atoms with van der Waals surface area (Å²) in [6.45, 7) is 9.44. The third-order valence-electron chi connectivity index (χ3n) is 5.29. The van der Waals surface area contributed by atoms with E-state index in [0.29, 0.717) is 6.54 Å². The van der Waals surface area contributed by atoms with Crippen molar-refractivity contribution in [2.75, 3.05) is 26.2 Å². The minimum atomic E-state index is -0.0402. The summed E-state index contributed by atoms with van der Waals surface area (Å²) in [5, 5.41) is 3.01. The predicted octanol–water partition coefficient (Wildman–Crippen LogP) is 3.08. The number of benzene rings is 1. The van der Waals surface area contributed by atoms with Crippen LogP contribution in [0.3, 0.4) is 0 Å². The molecule has 0 spiro atoms. The van der Waals surface area contributed by atoms with E-state index in [1.165, 1.54) is 0 Å². The summed E-state index contributed by atoms with van der Waals surface area (Å²) in [7, 11) is 0. The van der Waals surface area contributed by atoms with Crippen LogP contribution in [0.25, 0.3) is 11.0 Å². The Kier molecular flexibility index (Phi) is 4.39. The normalized spacial score (nSPS) is 21.2. The number of hydrogen-bond acceptors (Lipinski definition) is 3. The van der Waals surface area contributed by atoms with Gasteiger partial charge in [0.15, 0.2) is 0 Å². The number of rotatable bonds is 3. The number of nitrogens with one attached hydrogen (secondary N) is 1. The molecule has 0 bridgehead atoms. The molecule has 2 saturated heterocycles. The number of likely N-dealkylation sites (tertiary alicyclic amines) is 1. The maximum Gasteiger partial charge on any atom is 0.317 e. The highest BCUT2D eigenvalue weighted by atomic mass is 16.5. The van der Waals surface area contributed by atoms with Gasteiger partial charge in [-0.2, -0.15) is 0 Å². The third-order valence-corrected chi connectivity index (χ3v) is 5.29. The molecule has 1 aromatic carbocycles. The lowest BCUT2D eigenvalue weighted by Crippen LogP contribution is -2.55. The van der Waals surface area contributed by atoms with Crippen LogP contribution in [-0.4, -0.2) is 52.8 Å². The van der Waals surface area contributed by atoms with Crippen LogP contribution in [0.5, 0.6) is 0 Å². The van der Waals surface area contributed by atoms with E-state index in [4.69, 9.17) is 9.72 Å². The molecule has 2 amide bonds. The number of para-hydroxylation sites is 2. The summed E-state index contributed by atoms with van der Waals surface area (Å²) in [4.78, 5) is 19.1. The van der Waals surface area contributed by atoms with Crippen LogP contribution in [0.15, 0.2) is 24.3 Å². The van der Waals surface area contributed by atoms with Gasteiger partial charge in [-0.1, -0.05) is 32.9 Å². The molecule has 4 rings (SSSR count). The van der Waals surface area contributed by atoms with Crippen LogP contribution in [0.1, 0.15) is 45.5 Å². The third kappa shape index (κ3) is 3.18. The van der Waals surface area contributed by atoms with Crippen molar-refractivity contribution < 1.29 is 9.53 Å². The number of fused-ring (bicyclic) bond motifs is 1. The molecular formula is C20H28N4O2. The van der Waals surface area contributed by atoms with Gasteiger partial charge in [-0.05, 0) is 25.0 Å². The molecule has 1 atom stereocenters. The lowest BCUT2D eigenvalue weighted by atomic mass is 9.94. The largest absolute Gasteiger partial charge is 0.376 e. The van der Waals surface area contributed by atoms with Crippen molar-refractivity contribution in [1.82, 2.24) is 19.8 Å². The van der Waals surface area contributed by atoms with Gasteiger partial charge < -0.3 is 19.5 Å². The standard InChI is InChI=1S/C20H28N4O2/c1-20(2,3)18-22-16-8-4-5-9-17(16)24(18)14-12-23(13-14)19(25)21-11-15-7-6-10-26-15/h4-5,8-9,14-15H,6-7,10-13H2,1-3H3,(H,21,25). The molecule has 26 heavy (non-hydrogen) atoms. The van der Waals surface area contributed by atoms with E-state index in [1.807, 2.05) is 11.0 Å². The molecule has 6 nitrogen and oxygen atoms in total. The maximum atomic E-state index is 12.4. The van der Waals surface area contributed by atoms with E-state index in [-0.39, 0.29) is 23.6 Å². The Bertz CT molecular complexity index is 796. The molecular weight excluding hydrogens is 328 g/mol. The molecule has 2 aliphatic heterocycles. The molecule has 140 valence electrons. The van der Waals surface area contributed by atoms with E-state index in [0.717, 1.165) is 49.4 Å². The van der Waals surface area contributed by atoms with Crippen molar-refractivity contribution in [3.05, 3.63) is 30.1 Å². The second kappa shape index (κ2) is 6.58. The molecule has 2 aromatic rings. The Hall–Kier alpha value is -2.08. The molecule has 1 unspecified atom stereocenters. The van der Waals surface area contributed by atoms with Gasteiger partial charge in [-0.15, -0.1) is 0 Å². The molecule has 1 aromatic heterocycles. The highest BCUT2D eigenvalue weighted by molar-refractivity contribution is 5.78. The first-order chi connectivity index (χ1) is 12.4. The van der Waals surface area contributed by atoms with E-state index >= 15 is 0 Å². The zero-order valence-electron chi connectivity index (χ0n) is 15.9. The molecule has 2 aliphatic rings. The van der Waals surface area contributed by atoms with Crippen LogP contribution < -0.4 is 5.32 Å². The summed E-state index contributed by atoms with van der Waals surface area (Å²) in [6.07, 6.45) is 2.31. The number of imidazole rings is 1. The summed E-state index contributed by atoms with van der Waals surface area (Å²) in [5.41, 5.74) is 2.14. The van der Waals surface area contributed by atoms with Crippen molar-refractivity contribution in [3.8, 4) is 0 Å². The van der Waals surface area contributed by atoms with Gasteiger partial charge in [-0.3, -0.25) is 0 Å². The van der Waals surface area contributed by atoms with Crippen LogP contribution in [-0.2, 0) is 10.2 Å². The summed E-state index contributed by atoms with van der Waals surface area (Å²) >= 11 is 0. The lowest BCUT2D eigenvalue weighted by molar-refractivity contribution is 0.0983. The van der Waals surface area contributed by atoms with Crippen LogP contribution in [0.4, 0.5) is 4.79 Å². The Morgan fingerprint density at radius 2 is 2.08 bits per heavy atom. The molecule has 0 aliphatic carbocycles. The Morgan fingerprint density at radius 3 is 2.77 bits per heavy atom. The number of carbonyl (C=O) groups is 1. The van der Waals surface area contributed by atoms with Gasteiger partial charge in [0.25, 0.3) is 0 Å². The highest BCUT2D eigenvalue weighted by Gasteiger charge is 2.36. The van der Waals surface area contributed by atoms with Crippen molar-refractivity contribution >= 4 is 17.1 Å². The second-order valence-electron chi connectivity index (χ2n) is 8.42. The number of urea groups is 1. The fourth-order valence-corrected chi connectivity index (χ4v) is 3.85. The SMILES string of the molecule is CC(C)(C)c1nc2ccccc2n1C1CN(C(=O)NCC2CCCO2)C1. The van der Waals surface area contributed by atoms with Gasteiger partial charge in [-0.25, -0.2) is 9.78 Å². The summed E-state index contributed by atoms with van der Waals surface area (Å²) in [5.74, 6) is 1.09. The Labute approximate surface area is 154 Å². The quantitative estimate of drug-likeness (QED) is 0.919. The first-order valence-electron chi connectivity index (χ1n) is 9.55. The molecule has 1 N–H and O–H groups in total. The summed E-state index contributed by atoms with van der Waals surface area (Å²) < 4.78 is 7.90. The number of aromatic nitrogens is 2. The highest BCUT2D eigenvalue weighted by Crippen LogP contribution is 2.33. The second-order valence-corrected chi connectivity index (χ2v) is 8.42. The number of carbonyl (C=O) groups excluding carboxylic acids is 1. The van der Waals surface area contributed by atoms with E-state index in [2.05, 4.69) is 48.9 Å². The van der Waals surface area contributed by atoms with Gasteiger partial charge in [0.2, 0.25) is 0 Å². The van der Waals surface area contributed by atoms with Crippen LogP contribution >= 0.6 is 0 Å². The van der Waals surface area contributed by atoms with Crippen molar-refractivity contribution in [3.63, 3.8) is 0 Å². The topological polar surface area (TPSA) is 59.4 Å². The van der Waals surface area contributed by atoms with E-state index in [1.54, 1.807) is 0 Å². The number of hydrogen-bond donors (Lipinski definition) is 1. The number of nitrogens with zero attached hydrogens (tertiary/aromatic N) is 3. The average Bonchev–Trinajstić information content (AvgIpc) is 3.19. The van der Waals surface area contributed by atoms with E-state index in [9.17, 15) is 4.79 Å². The molecule has 2 fully saturated rings. The van der Waals surface area contributed by atoms with Gasteiger partial charge in [0, 0.05) is 31.7 Å². The Balaban J connectivity index is 1.45. The predicted molar refractivity (Wildman–Crippen MR) is 101 cm³/mol. The zero-order chi connectivity index (χ0) is 18.3. The first-order valence-corrected chi connectivity index (χ1v) is 9.55. The van der Waals surface area contributed by atoms with E-state index < -0.39 is 0 Å². The fourth-order valence-electron chi connectivity index (χ4n) is 3.85. The van der Waals surface area contributed by atoms with Gasteiger partial charge in [0.1, 0.15) is 5.82 Å². The van der Waals surface area contributed by atoms with Gasteiger partial charge >= 0.3 is 6.03 Å². The monoisotopic (exact) mass is 356 g/mol. The minimum Gasteiger partial charge on any atom is -0.376 e. The maximum absolute atomic E-state index is 12.4. The molecule has 0 saturated carbocycles. The van der Waals surface area contributed by atoms with Crippen LogP contribution in [0, 0.1) is 0 Å². The summed E-state index contributed by atoms with van der Waals surface area (Å²) in [6, 6.07) is 8.56. The number of ether oxygens (including phenoxy) is 1. The van der Waals surface area contributed by atoms with Crippen molar-refractivity contribution in [2.45, 2.75) is 51.2 Å². The average molecular weight is 356 g/mol. The zero-order valence-corrected chi connectivity index (χ0v) is 15.9. The lowest BCUT2D eigenvalue weighted by Gasteiger charge is -2.41. The number of amides is 2.